The molecule has 1 aromatic carbocycles. The Balaban J connectivity index is 1.51. The van der Waals surface area contributed by atoms with Crippen LogP contribution in [0.25, 0.3) is 11.0 Å². The number of furan rings is 1. The summed E-state index contributed by atoms with van der Waals surface area (Å²) in [6.07, 6.45) is 2.29. The molecule has 0 radical (unpaired) electrons. The molecule has 1 aliphatic carbocycles. The Hall–Kier alpha value is -2.86. The van der Waals surface area contributed by atoms with E-state index in [-0.39, 0.29) is 24.8 Å². The summed E-state index contributed by atoms with van der Waals surface area (Å²) >= 11 is 0. The average Bonchev–Trinajstić information content (AvgIpc) is 3.41. The number of rotatable bonds is 8. The summed E-state index contributed by atoms with van der Waals surface area (Å²) in [5, 5.41) is 0.812. The largest absolute Gasteiger partial charge is 0.451 e. The topological polar surface area (TPSA) is 70.7 Å². The number of esters is 1. The van der Waals surface area contributed by atoms with Crippen molar-refractivity contribution in [3.63, 3.8) is 0 Å². The molecule has 6 nitrogen and oxygen atoms in total. The van der Waals surface area contributed by atoms with Crippen LogP contribution in [0.4, 0.5) is 0 Å². The molecule has 2 aromatic heterocycles. The normalized spacial score (nSPS) is 13.8. The van der Waals surface area contributed by atoms with Crippen molar-refractivity contribution in [3.8, 4) is 0 Å². The summed E-state index contributed by atoms with van der Waals surface area (Å²) in [5.41, 5.74) is 3.85. The molecular weight excluding hydrogens is 370 g/mol. The number of carbonyl (C=O) groups excluding carboxylic acids is 2. The third kappa shape index (κ3) is 3.72. The number of carbonyl (C=O) groups is 2. The van der Waals surface area contributed by atoms with Gasteiger partial charge in [-0.25, -0.2) is 4.79 Å². The van der Waals surface area contributed by atoms with Gasteiger partial charge in [-0.05, 0) is 45.7 Å². The monoisotopic (exact) mass is 395 g/mol. The standard InChI is InChI=1S/C23H25NO5/c1-4-27-12-19-17-7-5-6-8-21(17)29-22(19)23(26)28-13-20(25)18-11-14(2)24(15(18)3)16-9-10-16/h5-8,11,16H,4,9-10,12-13H2,1-3H3. The number of hydrogen-bond donors (Lipinski definition) is 0. The highest BCUT2D eigenvalue weighted by Gasteiger charge is 2.29. The Morgan fingerprint density at radius 2 is 1.97 bits per heavy atom. The number of ether oxygens (including phenoxy) is 2. The van der Waals surface area contributed by atoms with Crippen LogP contribution in [0.3, 0.4) is 0 Å². The van der Waals surface area contributed by atoms with Crippen molar-refractivity contribution in [1.82, 2.24) is 4.57 Å². The van der Waals surface area contributed by atoms with Crippen LogP contribution in [0.5, 0.6) is 0 Å². The van der Waals surface area contributed by atoms with Gasteiger partial charge in [0, 0.05) is 40.5 Å². The van der Waals surface area contributed by atoms with E-state index in [0.717, 1.165) is 29.6 Å². The maximum absolute atomic E-state index is 12.7. The van der Waals surface area contributed by atoms with E-state index in [2.05, 4.69) is 4.57 Å². The zero-order chi connectivity index (χ0) is 20.5. The van der Waals surface area contributed by atoms with Crippen molar-refractivity contribution >= 4 is 22.7 Å². The van der Waals surface area contributed by atoms with Gasteiger partial charge in [-0.1, -0.05) is 18.2 Å². The van der Waals surface area contributed by atoms with E-state index < -0.39 is 5.97 Å². The molecule has 6 heteroatoms. The molecule has 29 heavy (non-hydrogen) atoms. The van der Waals surface area contributed by atoms with E-state index >= 15 is 0 Å². The van der Waals surface area contributed by atoms with Crippen LogP contribution < -0.4 is 0 Å². The van der Waals surface area contributed by atoms with E-state index in [4.69, 9.17) is 13.9 Å². The van der Waals surface area contributed by atoms with Crippen molar-refractivity contribution in [1.29, 1.82) is 0 Å². The Bertz CT molecular complexity index is 1070. The highest BCUT2D eigenvalue weighted by molar-refractivity contribution is 6.01. The van der Waals surface area contributed by atoms with Gasteiger partial charge in [0.1, 0.15) is 5.58 Å². The Kier molecular flexibility index (Phi) is 5.28. The van der Waals surface area contributed by atoms with Gasteiger partial charge in [-0.15, -0.1) is 0 Å². The van der Waals surface area contributed by atoms with Crippen LogP contribution in [0.1, 0.15) is 63.7 Å². The van der Waals surface area contributed by atoms with Crippen molar-refractivity contribution in [2.75, 3.05) is 13.2 Å². The highest BCUT2D eigenvalue weighted by Crippen LogP contribution is 2.38. The molecule has 0 N–H and O–H groups in total. The SMILES string of the molecule is CCOCc1c(C(=O)OCC(=O)c2cc(C)n(C3CC3)c2C)oc2ccccc12. The molecule has 1 saturated carbocycles. The zero-order valence-corrected chi connectivity index (χ0v) is 17.0. The smallest absolute Gasteiger partial charge is 0.375 e. The molecule has 1 fully saturated rings. The molecule has 0 aliphatic heterocycles. The van der Waals surface area contributed by atoms with Crippen molar-refractivity contribution in [3.05, 3.63) is 58.6 Å². The first-order chi connectivity index (χ1) is 14.0. The number of benzene rings is 1. The predicted octanol–water partition coefficient (Wildman–Crippen LogP) is 4.76. The second-order valence-electron chi connectivity index (χ2n) is 7.43. The minimum atomic E-state index is -0.653. The number of nitrogens with zero attached hydrogens (tertiary/aromatic N) is 1. The van der Waals surface area contributed by atoms with E-state index in [1.54, 1.807) is 6.07 Å². The first kappa shape index (κ1) is 19.5. The molecule has 152 valence electrons. The summed E-state index contributed by atoms with van der Waals surface area (Å²) in [4.78, 5) is 25.4. The lowest BCUT2D eigenvalue weighted by molar-refractivity contribution is 0.0438. The fourth-order valence-electron chi connectivity index (χ4n) is 3.84. The molecular formula is C23H25NO5. The van der Waals surface area contributed by atoms with Crippen molar-refractivity contribution in [2.24, 2.45) is 0 Å². The van der Waals surface area contributed by atoms with E-state index in [1.165, 1.54) is 0 Å². The molecule has 0 amide bonds. The second kappa shape index (κ2) is 7.87. The predicted molar refractivity (Wildman–Crippen MR) is 108 cm³/mol. The third-order valence-corrected chi connectivity index (χ3v) is 5.37. The third-order valence-electron chi connectivity index (χ3n) is 5.37. The lowest BCUT2D eigenvalue weighted by Crippen LogP contribution is -2.15. The molecule has 0 bridgehead atoms. The minimum absolute atomic E-state index is 0.0934. The fourth-order valence-corrected chi connectivity index (χ4v) is 3.84. The molecule has 1 aliphatic rings. The number of ketones is 1. The molecule has 3 aromatic rings. The van der Waals surface area contributed by atoms with E-state index in [1.807, 2.05) is 45.0 Å². The Labute approximate surface area is 169 Å². The van der Waals surface area contributed by atoms with E-state index in [0.29, 0.717) is 29.4 Å². The van der Waals surface area contributed by atoms with Gasteiger partial charge in [0.2, 0.25) is 11.5 Å². The highest BCUT2D eigenvalue weighted by atomic mass is 16.5. The second-order valence-corrected chi connectivity index (χ2v) is 7.43. The number of aryl methyl sites for hydroxylation is 1. The quantitative estimate of drug-likeness (QED) is 0.406. The molecule has 4 rings (SSSR count). The molecule has 0 unspecified atom stereocenters. The van der Waals surface area contributed by atoms with Gasteiger partial charge in [-0.3, -0.25) is 4.79 Å². The lowest BCUT2D eigenvalue weighted by Gasteiger charge is -2.08. The first-order valence-electron chi connectivity index (χ1n) is 9.98. The maximum Gasteiger partial charge on any atom is 0.375 e. The molecule has 0 atom stereocenters. The minimum Gasteiger partial charge on any atom is -0.451 e. The number of aromatic nitrogens is 1. The number of hydrogen-bond acceptors (Lipinski definition) is 5. The van der Waals surface area contributed by atoms with Crippen LogP contribution in [0, 0.1) is 13.8 Å². The number of Topliss-reactive ketones (excluding diaryl/α,β-unsaturated/α-hetero) is 1. The van der Waals surface area contributed by atoms with Gasteiger partial charge in [0.25, 0.3) is 0 Å². The summed E-state index contributed by atoms with van der Waals surface area (Å²) < 4.78 is 18.7. The number of fused-ring (bicyclic) bond motifs is 1. The maximum atomic E-state index is 12.7. The van der Waals surface area contributed by atoms with Gasteiger partial charge >= 0.3 is 5.97 Å². The first-order valence-corrected chi connectivity index (χ1v) is 9.98. The summed E-state index contributed by atoms with van der Waals surface area (Å²) in [7, 11) is 0. The molecule has 2 heterocycles. The van der Waals surface area contributed by atoms with Crippen molar-refractivity contribution in [2.45, 2.75) is 46.3 Å². The lowest BCUT2D eigenvalue weighted by atomic mass is 10.1. The fraction of sp³-hybridized carbons (Fsp3) is 0.391. The molecule has 0 spiro atoms. The van der Waals surface area contributed by atoms with E-state index in [9.17, 15) is 9.59 Å². The Morgan fingerprint density at radius 1 is 1.21 bits per heavy atom. The van der Waals surface area contributed by atoms with Crippen LogP contribution >= 0.6 is 0 Å². The van der Waals surface area contributed by atoms with Crippen LogP contribution in [-0.2, 0) is 16.1 Å². The van der Waals surface area contributed by atoms with Gasteiger partial charge in [-0.2, -0.15) is 0 Å². The number of para-hydroxylation sites is 1. The molecule has 0 saturated heterocycles. The summed E-state index contributed by atoms with van der Waals surface area (Å²) in [6.45, 7) is 6.27. The Morgan fingerprint density at radius 3 is 2.69 bits per heavy atom. The van der Waals surface area contributed by atoms with Crippen LogP contribution in [0.2, 0.25) is 0 Å². The van der Waals surface area contributed by atoms with Crippen LogP contribution in [0.15, 0.2) is 34.7 Å². The van der Waals surface area contributed by atoms with Gasteiger partial charge in [0.05, 0.1) is 6.61 Å². The zero-order valence-electron chi connectivity index (χ0n) is 17.0. The van der Waals surface area contributed by atoms with Gasteiger partial charge < -0.3 is 18.5 Å². The van der Waals surface area contributed by atoms with Crippen LogP contribution in [-0.4, -0.2) is 29.5 Å². The van der Waals surface area contributed by atoms with Crippen molar-refractivity contribution < 1.29 is 23.5 Å². The average molecular weight is 395 g/mol. The summed E-state index contributed by atoms with van der Waals surface area (Å²) in [6, 6.07) is 9.76. The summed E-state index contributed by atoms with van der Waals surface area (Å²) in [5.74, 6) is -0.767. The van der Waals surface area contributed by atoms with Gasteiger partial charge in [0.15, 0.2) is 6.61 Å².